The van der Waals surface area contributed by atoms with Gasteiger partial charge in [-0.2, -0.15) is 0 Å². The first-order chi connectivity index (χ1) is 12.3. The number of likely N-dealkylation sites (tertiary alicyclic amines) is 1. The van der Waals surface area contributed by atoms with Crippen LogP contribution >= 0.6 is 0 Å². The van der Waals surface area contributed by atoms with Gasteiger partial charge in [-0.05, 0) is 37.2 Å². The number of hydrogen-bond acceptors (Lipinski definition) is 4. The average molecular weight is 337 g/mol. The maximum atomic E-state index is 12.9. The van der Waals surface area contributed by atoms with E-state index in [0.717, 1.165) is 25.4 Å². The highest BCUT2D eigenvalue weighted by Gasteiger charge is 2.39. The highest BCUT2D eigenvalue weighted by atomic mass is 16.5. The molecule has 2 atom stereocenters. The van der Waals surface area contributed by atoms with E-state index in [0.29, 0.717) is 12.2 Å². The summed E-state index contributed by atoms with van der Waals surface area (Å²) in [4.78, 5) is 23.0. The fourth-order valence-corrected chi connectivity index (χ4v) is 3.47. The first kappa shape index (κ1) is 16.2. The minimum atomic E-state index is -0.0495. The highest BCUT2D eigenvalue weighted by molar-refractivity contribution is 5.92. The van der Waals surface area contributed by atoms with Crippen LogP contribution in [-0.4, -0.2) is 46.1 Å². The van der Waals surface area contributed by atoms with E-state index in [1.807, 2.05) is 23.1 Å². The summed E-state index contributed by atoms with van der Waals surface area (Å²) in [5.41, 5.74) is 1.63. The predicted molar refractivity (Wildman–Crippen MR) is 94.1 cm³/mol. The van der Waals surface area contributed by atoms with Gasteiger partial charge in [0.1, 0.15) is 5.69 Å². The molecule has 130 valence electrons. The standard InChI is InChI=1S/C20H23N3O2/c24-20(17-13-21-9-10-22-17)23-11-8-19(25-14-16-6-7-16)18(23)12-15-4-2-1-3-5-15/h1-5,9-10,13,16,18-19H,6-8,11-12,14H2/t18-,19+/m0/s1. The topological polar surface area (TPSA) is 55.3 Å². The van der Waals surface area contributed by atoms with Crippen LogP contribution in [0.4, 0.5) is 0 Å². The van der Waals surface area contributed by atoms with E-state index in [4.69, 9.17) is 4.74 Å². The van der Waals surface area contributed by atoms with E-state index >= 15 is 0 Å². The zero-order valence-corrected chi connectivity index (χ0v) is 14.3. The Labute approximate surface area is 148 Å². The van der Waals surface area contributed by atoms with Gasteiger partial charge < -0.3 is 9.64 Å². The molecule has 25 heavy (non-hydrogen) atoms. The van der Waals surface area contributed by atoms with Crippen LogP contribution in [-0.2, 0) is 11.2 Å². The predicted octanol–water partition coefficient (Wildman–Crippen LogP) is 2.73. The molecule has 2 aromatic rings. The van der Waals surface area contributed by atoms with Crippen molar-refractivity contribution in [1.29, 1.82) is 0 Å². The van der Waals surface area contributed by atoms with Gasteiger partial charge >= 0.3 is 0 Å². The van der Waals surface area contributed by atoms with Crippen molar-refractivity contribution in [2.24, 2.45) is 5.92 Å². The number of benzene rings is 1. The first-order valence-electron chi connectivity index (χ1n) is 9.04. The van der Waals surface area contributed by atoms with Crippen molar-refractivity contribution < 1.29 is 9.53 Å². The molecular weight excluding hydrogens is 314 g/mol. The molecule has 1 aromatic carbocycles. The number of carbonyl (C=O) groups excluding carboxylic acids is 1. The third kappa shape index (κ3) is 3.87. The van der Waals surface area contributed by atoms with Gasteiger partial charge in [-0.1, -0.05) is 30.3 Å². The number of aromatic nitrogens is 2. The van der Waals surface area contributed by atoms with Crippen LogP contribution in [0.15, 0.2) is 48.9 Å². The lowest BCUT2D eigenvalue weighted by Crippen LogP contribution is -2.42. The molecule has 1 amide bonds. The Morgan fingerprint density at radius 1 is 1.16 bits per heavy atom. The van der Waals surface area contributed by atoms with Crippen LogP contribution in [0.2, 0.25) is 0 Å². The zero-order chi connectivity index (χ0) is 17.1. The van der Waals surface area contributed by atoms with Gasteiger partial charge in [0.25, 0.3) is 5.91 Å². The number of hydrogen-bond donors (Lipinski definition) is 0. The minimum absolute atomic E-state index is 0.0495. The Hall–Kier alpha value is -2.27. The maximum absolute atomic E-state index is 12.9. The van der Waals surface area contributed by atoms with Crippen molar-refractivity contribution in [3.63, 3.8) is 0 Å². The lowest BCUT2D eigenvalue weighted by Gasteiger charge is -2.28. The molecule has 0 bridgehead atoms. The monoisotopic (exact) mass is 337 g/mol. The summed E-state index contributed by atoms with van der Waals surface area (Å²) in [6.07, 6.45) is 9.04. The Bertz CT molecular complexity index is 703. The molecule has 1 aliphatic heterocycles. The molecule has 0 N–H and O–H groups in total. The Morgan fingerprint density at radius 2 is 2.00 bits per heavy atom. The molecule has 5 nitrogen and oxygen atoms in total. The van der Waals surface area contributed by atoms with Crippen LogP contribution < -0.4 is 0 Å². The van der Waals surface area contributed by atoms with E-state index in [-0.39, 0.29) is 18.1 Å². The second kappa shape index (κ2) is 7.31. The maximum Gasteiger partial charge on any atom is 0.274 e. The average Bonchev–Trinajstić information content (AvgIpc) is 3.42. The Balaban J connectivity index is 1.52. The molecule has 2 fully saturated rings. The summed E-state index contributed by atoms with van der Waals surface area (Å²) in [6, 6.07) is 10.4. The van der Waals surface area contributed by atoms with Crippen LogP contribution in [0.3, 0.4) is 0 Å². The molecule has 2 aliphatic rings. The molecular formula is C20H23N3O2. The summed E-state index contributed by atoms with van der Waals surface area (Å²) in [7, 11) is 0. The number of amides is 1. The fourth-order valence-electron chi connectivity index (χ4n) is 3.47. The lowest BCUT2D eigenvalue weighted by molar-refractivity contribution is 0.0198. The van der Waals surface area contributed by atoms with Crippen molar-refractivity contribution in [2.75, 3.05) is 13.2 Å². The second-order valence-electron chi connectivity index (χ2n) is 6.95. The van der Waals surface area contributed by atoms with E-state index in [1.54, 1.807) is 18.6 Å². The third-order valence-electron chi connectivity index (χ3n) is 5.06. The van der Waals surface area contributed by atoms with Crippen LogP contribution in [0.25, 0.3) is 0 Å². The number of carbonyl (C=O) groups is 1. The smallest absolute Gasteiger partial charge is 0.274 e. The summed E-state index contributed by atoms with van der Waals surface area (Å²) >= 11 is 0. The molecule has 0 radical (unpaired) electrons. The van der Waals surface area contributed by atoms with Gasteiger partial charge in [-0.3, -0.25) is 9.78 Å². The van der Waals surface area contributed by atoms with Crippen LogP contribution in [0.5, 0.6) is 0 Å². The van der Waals surface area contributed by atoms with Crippen molar-refractivity contribution in [2.45, 2.75) is 37.8 Å². The highest BCUT2D eigenvalue weighted by Crippen LogP contribution is 2.32. The fraction of sp³-hybridized carbons (Fsp3) is 0.450. The molecule has 1 saturated heterocycles. The number of ether oxygens (including phenoxy) is 1. The number of nitrogens with zero attached hydrogens (tertiary/aromatic N) is 3. The van der Waals surface area contributed by atoms with E-state index in [1.165, 1.54) is 18.4 Å². The summed E-state index contributed by atoms with van der Waals surface area (Å²) in [6.45, 7) is 1.53. The van der Waals surface area contributed by atoms with Gasteiger partial charge in [-0.25, -0.2) is 4.98 Å². The van der Waals surface area contributed by atoms with Crippen molar-refractivity contribution in [3.05, 3.63) is 60.2 Å². The molecule has 1 aromatic heterocycles. The van der Waals surface area contributed by atoms with E-state index < -0.39 is 0 Å². The van der Waals surface area contributed by atoms with Crippen molar-refractivity contribution in [3.8, 4) is 0 Å². The molecule has 4 rings (SSSR count). The first-order valence-corrected chi connectivity index (χ1v) is 9.04. The molecule has 0 spiro atoms. The minimum Gasteiger partial charge on any atom is -0.376 e. The quantitative estimate of drug-likeness (QED) is 0.813. The normalized spacial score (nSPS) is 23.0. The second-order valence-corrected chi connectivity index (χ2v) is 6.95. The lowest BCUT2D eigenvalue weighted by atomic mass is 10.0. The van der Waals surface area contributed by atoms with Gasteiger partial charge in [0, 0.05) is 25.5 Å². The Morgan fingerprint density at radius 3 is 2.72 bits per heavy atom. The van der Waals surface area contributed by atoms with Crippen LogP contribution in [0.1, 0.15) is 35.3 Å². The summed E-state index contributed by atoms with van der Waals surface area (Å²) < 4.78 is 6.20. The Kier molecular flexibility index (Phi) is 4.74. The van der Waals surface area contributed by atoms with Gasteiger partial charge in [0.15, 0.2) is 0 Å². The van der Waals surface area contributed by atoms with E-state index in [2.05, 4.69) is 22.1 Å². The van der Waals surface area contributed by atoms with Crippen molar-refractivity contribution in [1.82, 2.24) is 14.9 Å². The van der Waals surface area contributed by atoms with Gasteiger partial charge in [-0.15, -0.1) is 0 Å². The van der Waals surface area contributed by atoms with Gasteiger partial charge in [0.2, 0.25) is 0 Å². The SMILES string of the molecule is O=C(c1cnccn1)N1CC[C@@H](OCC2CC2)[C@@H]1Cc1ccccc1. The molecule has 2 heterocycles. The summed E-state index contributed by atoms with van der Waals surface area (Å²) in [5, 5.41) is 0. The van der Waals surface area contributed by atoms with Crippen molar-refractivity contribution >= 4 is 5.91 Å². The largest absolute Gasteiger partial charge is 0.376 e. The van der Waals surface area contributed by atoms with Crippen LogP contribution in [0, 0.1) is 5.92 Å². The summed E-state index contributed by atoms with van der Waals surface area (Å²) in [5.74, 6) is 0.675. The number of rotatable bonds is 6. The molecule has 5 heteroatoms. The molecule has 0 unspecified atom stereocenters. The molecule has 1 saturated carbocycles. The third-order valence-corrected chi connectivity index (χ3v) is 5.06. The van der Waals surface area contributed by atoms with E-state index in [9.17, 15) is 4.79 Å². The van der Waals surface area contributed by atoms with Gasteiger partial charge in [0.05, 0.1) is 18.3 Å². The molecule has 1 aliphatic carbocycles. The zero-order valence-electron chi connectivity index (χ0n) is 14.3.